The van der Waals surface area contributed by atoms with E-state index in [9.17, 15) is 14.7 Å². The maximum absolute atomic E-state index is 12.9. The number of rotatable bonds is 6. The van der Waals surface area contributed by atoms with Gasteiger partial charge < -0.3 is 19.5 Å². The number of carbonyl (C=O) groups excluding carboxylic acids is 2. The molecule has 1 N–H and O–H groups in total. The predicted octanol–water partition coefficient (Wildman–Crippen LogP) is 3.54. The van der Waals surface area contributed by atoms with Gasteiger partial charge in [-0.05, 0) is 24.6 Å². The molecule has 1 aliphatic rings. The lowest BCUT2D eigenvalue weighted by Gasteiger charge is -2.26. The van der Waals surface area contributed by atoms with Crippen LogP contribution in [-0.4, -0.2) is 42.5 Å². The Bertz CT molecular complexity index is 920. The molecule has 1 amide bonds. The second-order valence-electron chi connectivity index (χ2n) is 6.47. The number of amides is 1. The monoisotopic (exact) mass is 381 g/mol. The second-order valence-corrected chi connectivity index (χ2v) is 6.47. The quantitative estimate of drug-likeness (QED) is 0.471. The van der Waals surface area contributed by atoms with E-state index in [0.29, 0.717) is 35.6 Å². The van der Waals surface area contributed by atoms with Crippen LogP contribution in [0.5, 0.6) is 11.5 Å². The van der Waals surface area contributed by atoms with Crippen molar-refractivity contribution in [2.24, 2.45) is 0 Å². The molecular formula is C22H23NO5. The van der Waals surface area contributed by atoms with Crippen LogP contribution < -0.4 is 9.47 Å². The minimum absolute atomic E-state index is 0.0520. The normalized spacial score (nSPS) is 18.4. The summed E-state index contributed by atoms with van der Waals surface area (Å²) in [7, 11) is 3.06. The Morgan fingerprint density at radius 3 is 2.39 bits per heavy atom. The third kappa shape index (κ3) is 3.33. The minimum Gasteiger partial charge on any atom is -0.507 e. The van der Waals surface area contributed by atoms with Gasteiger partial charge in [0, 0.05) is 17.7 Å². The topological polar surface area (TPSA) is 76.1 Å². The average Bonchev–Trinajstić information content (AvgIpc) is 2.98. The van der Waals surface area contributed by atoms with Crippen molar-refractivity contribution in [3.63, 3.8) is 0 Å². The van der Waals surface area contributed by atoms with Crippen molar-refractivity contribution < 1.29 is 24.2 Å². The Morgan fingerprint density at radius 1 is 1.07 bits per heavy atom. The van der Waals surface area contributed by atoms with Crippen LogP contribution in [0.1, 0.15) is 30.5 Å². The molecule has 1 heterocycles. The molecule has 0 spiro atoms. The van der Waals surface area contributed by atoms with Gasteiger partial charge in [-0.25, -0.2) is 0 Å². The smallest absolute Gasteiger partial charge is 0.295 e. The van der Waals surface area contributed by atoms with E-state index in [-0.39, 0.29) is 11.3 Å². The fourth-order valence-electron chi connectivity index (χ4n) is 3.48. The summed E-state index contributed by atoms with van der Waals surface area (Å²) in [4.78, 5) is 27.1. The Hall–Kier alpha value is -3.28. The Labute approximate surface area is 164 Å². The van der Waals surface area contributed by atoms with Crippen molar-refractivity contribution in [3.8, 4) is 11.5 Å². The first-order chi connectivity index (χ1) is 13.5. The molecule has 3 rings (SSSR count). The number of aliphatic hydroxyl groups is 1. The van der Waals surface area contributed by atoms with Crippen LogP contribution in [0.3, 0.4) is 0 Å². The Morgan fingerprint density at radius 2 is 1.79 bits per heavy atom. The molecule has 0 bridgehead atoms. The molecule has 1 fully saturated rings. The molecule has 6 heteroatoms. The summed E-state index contributed by atoms with van der Waals surface area (Å²) in [5.41, 5.74) is 1.12. The van der Waals surface area contributed by atoms with Gasteiger partial charge in [-0.1, -0.05) is 37.3 Å². The zero-order chi connectivity index (χ0) is 20.3. The molecule has 28 heavy (non-hydrogen) atoms. The fourth-order valence-corrected chi connectivity index (χ4v) is 3.48. The van der Waals surface area contributed by atoms with Crippen molar-refractivity contribution in [1.82, 2.24) is 4.90 Å². The number of nitrogens with zero attached hydrogens (tertiary/aromatic N) is 1. The number of aliphatic hydroxyl groups excluding tert-OH is 1. The molecule has 146 valence electrons. The van der Waals surface area contributed by atoms with E-state index in [1.54, 1.807) is 49.6 Å². The number of carbonyl (C=O) groups is 2. The lowest BCUT2D eigenvalue weighted by Crippen LogP contribution is -2.30. The lowest BCUT2D eigenvalue weighted by atomic mass is 9.94. The summed E-state index contributed by atoms with van der Waals surface area (Å²) < 4.78 is 10.8. The Balaban J connectivity index is 2.26. The molecule has 1 unspecified atom stereocenters. The van der Waals surface area contributed by atoms with E-state index >= 15 is 0 Å². The van der Waals surface area contributed by atoms with E-state index in [0.717, 1.165) is 0 Å². The number of hydrogen-bond donors (Lipinski definition) is 1. The highest BCUT2D eigenvalue weighted by molar-refractivity contribution is 6.46. The van der Waals surface area contributed by atoms with Gasteiger partial charge in [-0.15, -0.1) is 0 Å². The van der Waals surface area contributed by atoms with E-state index in [4.69, 9.17) is 9.47 Å². The van der Waals surface area contributed by atoms with Crippen molar-refractivity contribution in [3.05, 3.63) is 65.2 Å². The van der Waals surface area contributed by atoms with Gasteiger partial charge in [0.25, 0.3) is 11.7 Å². The zero-order valence-electron chi connectivity index (χ0n) is 16.1. The van der Waals surface area contributed by atoms with Gasteiger partial charge in [-0.2, -0.15) is 0 Å². The highest BCUT2D eigenvalue weighted by Crippen LogP contribution is 2.43. The molecule has 0 aromatic heterocycles. The predicted molar refractivity (Wildman–Crippen MR) is 105 cm³/mol. The summed E-state index contributed by atoms with van der Waals surface area (Å²) >= 11 is 0. The third-order valence-corrected chi connectivity index (χ3v) is 4.78. The standard InChI is InChI=1S/C22H23NO5/c1-4-12-23-19(16-13-15(27-2)10-11-17(16)28-3)18(21(25)22(23)26)20(24)14-8-6-5-7-9-14/h5-11,13,19,24H,4,12H2,1-3H3/b20-18-. The minimum atomic E-state index is -0.759. The van der Waals surface area contributed by atoms with Crippen LogP contribution >= 0.6 is 0 Å². The van der Waals surface area contributed by atoms with Crippen LogP contribution in [0.25, 0.3) is 5.76 Å². The number of likely N-dealkylation sites (tertiary alicyclic amines) is 1. The number of benzene rings is 2. The molecule has 1 aliphatic heterocycles. The Kier molecular flexibility index (Phi) is 5.68. The largest absolute Gasteiger partial charge is 0.507 e. The SMILES string of the molecule is CCCN1C(=O)C(=O)/C(=C(\O)c2ccccc2)C1c1cc(OC)ccc1OC. The summed E-state index contributed by atoms with van der Waals surface area (Å²) in [6, 6.07) is 13.2. The first-order valence-electron chi connectivity index (χ1n) is 9.09. The number of methoxy groups -OCH3 is 2. The molecule has 0 radical (unpaired) electrons. The van der Waals surface area contributed by atoms with Crippen molar-refractivity contribution in [2.45, 2.75) is 19.4 Å². The van der Waals surface area contributed by atoms with Gasteiger partial charge in [0.2, 0.25) is 0 Å². The highest BCUT2D eigenvalue weighted by Gasteiger charge is 2.46. The summed E-state index contributed by atoms with van der Waals surface area (Å²) in [5, 5.41) is 10.9. The fraction of sp³-hybridized carbons (Fsp3) is 0.273. The van der Waals surface area contributed by atoms with Crippen LogP contribution in [0, 0.1) is 0 Å². The molecule has 2 aromatic rings. The zero-order valence-corrected chi connectivity index (χ0v) is 16.1. The van der Waals surface area contributed by atoms with Crippen molar-refractivity contribution in [1.29, 1.82) is 0 Å². The highest BCUT2D eigenvalue weighted by atomic mass is 16.5. The van der Waals surface area contributed by atoms with Gasteiger partial charge in [0.1, 0.15) is 17.3 Å². The number of hydrogen-bond acceptors (Lipinski definition) is 5. The maximum Gasteiger partial charge on any atom is 0.295 e. The van der Waals surface area contributed by atoms with Crippen LogP contribution in [-0.2, 0) is 9.59 Å². The summed E-state index contributed by atoms with van der Waals surface area (Å²) in [6.45, 7) is 2.30. The van der Waals surface area contributed by atoms with Gasteiger partial charge >= 0.3 is 0 Å². The molecule has 2 aromatic carbocycles. The molecule has 1 saturated heterocycles. The van der Waals surface area contributed by atoms with Crippen molar-refractivity contribution in [2.75, 3.05) is 20.8 Å². The summed E-state index contributed by atoms with van der Waals surface area (Å²) in [5.74, 6) is -0.461. The molecular weight excluding hydrogens is 358 g/mol. The van der Waals surface area contributed by atoms with E-state index in [1.165, 1.54) is 12.0 Å². The molecule has 1 atom stereocenters. The number of Topliss-reactive ketones (excluding diaryl/α,β-unsaturated/α-hetero) is 1. The van der Waals surface area contributed by atoms with Crippen LogP contribution in [0.2, 0.25) is 0 Å². The molecule has 6 nitrogen and oxygen atoms in total. The molecule has 0 aliphatic carbocycles. The first-order valence-corrected chi connectivity index (χ1v) is 9.09. The van der Waals surface area contributed by atoms with Gasteiger partial charge in [0.05, 0.1) is 25.8 Å². The van der Waals surface area contributed by atoms with Crippen molar-refractivity contribution >= 4 is 17.4 Å². The first kappa shape index (κ1) is 19.5. The van der Waals surface area contributed by atoms with Crippen LogP contribution in [0.15, 0.2) is 54.1 Å². The maximum atomic E-state index is 12.9. The van der Waals surface area contributed by atoms with Crippen LogP contribution in [0.4, 0.5) is 0 Å². The lowest BCUT2D eigenvalue weighted by molar-refractivity contribution is -0.139. The average molecular weight is 381 g/mol. The van der Waals surface area contributed by atoms with E-state index < -0.39 is 17.7 Å². The van der Waals surface area contributed by atoms with E-state index in [2.05, 4.69) is 0 Å². The number of ether oxygens (including phenoxy) is 2. The number of ketones is 1. The van der Waals surface area contributed by atoms with E-state index in [1.807, 2.05) is 13.0 Å². The summed E-state index contributed by atoms with van der Waals surface area (Å²) in [6.07, 6.45) is 0.668. The second kappa shape index (κ2) is 8.17. The third-order valence-electron chi connectivity index (χ3n) is 4.78. The van der Waals surface area contributed by atoms with Gasteiger partial charge in [-0.3, -0.25) is 9.59 Å². The van der Waals surface area contributed by atoms with Gasteiger partial charge in [0.15, 0.2) is 0 Å². The molecule has 0 saturated carbocycles.